The van der Waals surface area contributed by atoms with Crippen molar-refractivity contribution in [1.82, 2.24) is 4.90 Å². The number of amides is 1. The molecule has 0 aliphatic carbocycles. The third-order valence-corrected chi connectivity index (χ3v) is 4.28. The van der Waals surface area contributed by atoms with Crippen molar-refractivity contribution in [3.8, 4) is 5.75 Å². The Bertz CT molecular complexity index is 540. The van der Waals surface area contributed by atoms with Crippen LogP contribution in [0, 0.1) is 12.8 Å². The first kappa shape index (κ1) is 17.3. The average Bonchev–Trinajstić information content (AvgIpc) is 2.54. The standard InChI is InChI=1S/C18H25NO4/c1-13-5-8-16(9-6-13)23-14(2)18(22)19-11-3-4-15(12-19)7-10-17(20)21/h5-6,8-9,14-15H,3-4,7,10-12H2,1-2H3,(H,20,21)/t14-,15-/m1/s1. The van der Waals surface area contributed by atoms with Gasteiger partial charge in [-0.15, -0.1) is 0 Å². The Hall–Kier alpha value is -2.04. The maximum absolute atomic E-state index is 12.5. The molecule has 1 heterocycles. The fourth-order valence-electron chi connectivity index (χ4n) is 2.96. The van der Waals surface area contributed by atoms with Crippen molar-refractivity contribution in [3.05, 3.63) is 29.8 Å². The van der Waals surface area contributed by atoms with Crippen molar-refractivity contribution in [1.29, 1.82) is 0 Å². The number of hydrogen-bond donors (Lipinski definition) is 1. The topological polar surface area (TPSA) is 66.8 Å². The molecule has 0 aromatic heterocycles. The Morgan fingerprint density at radius 3 is 2.70 bits per heavy atom. The predicted octanol–water partition coefficient (Wildman–Crippen LogP) is 2.87. The third-order valence-electron chi connectivity index (χ3n) is 4.28. The summed E-state index contributed by atoms with van der Waals surface area (Å²) in [6, 6.07) is 7.64. The van der Waals surface area contributed by atoms with Crippen LogP contribution in [0.3, 0.4) is 0 Å². The zero-order valence-electron chi connectivity index (χ0n) is 13.8. The number of carboxylic acids is 1. The molecule has 5 nitrogen and oxygen atoms in total. The number of carbonyl (C=O) groups is 2. The van der Waals surface area contributed by atoms with E-state index >= 15 is 0 Å². The monoisotopic (exact) mass is 319 g/mol. The normalized spacial score (nSPS) is 19.2. The SMILES string of the molecule is Cc1ccc(O[C@H](C)C(=O)N2CCC[C@H](CCC(=O)O)C2)cc1. The number of rotatable bonds is 6. The minimum absolute atomic E-state index is 0.0226. The second kappa shape index (κ2) is 7.99. The molecular formula is C18H25NO4. The van der Waals surface area contributed by atoms with E-state index in [-0.39, 0.29) is 18.2 Å². The molecule has 1 aliphatic heterocycles. The number of benzene rings is 1. The van der Waals surface area contributed by atoms with Crippen molar-refractivity contribution >= 4 is 11.9 Å². The van der Waals surface area contributed by atoms with Crippen molar-refractivity contribution in [3.63, 3.8) is 0 Å². The summed E-state index contributed by atoms with van der Waals surface area (Å²) in [4.78, 5) is 25.0. The molecule has 0 bridgehead atoms. The fraction of sp³-hybridized carbons (Fsp3) is 0.556. The van der Waals surface area contributed by atoms with Gasteiger partial charge in [-0.2, -0.15) is 0 Å². The second-order valence-corrected chi connectivity index (χ2v) is 6.30. The highest BCUT2D eigenvalue weighted by Gasteiger charge is 2.27. The van der Waals surface area contributed by atoms with Gasteiger partial charge in [0.1, 0.15) is 5.75 Å². The summed E-state index contributed by atoms with van der Waals surface area (Å²) < 4.78 is 5.73. The molecule has 1 fully saturated rings. The van der Waals surface area contributed by atoms with Crippen LogP contribution in [0.15, 0.2) is 24.3 Å². The average molecular weight is 319 g/mol. The van der Waals surface area contributed by atoms with Gasteiger partial charge in [-0.25, -0.2) is 0 Å². The van der Waals surface area contributed by atoms with E-state index in [1.807, 2.05) is 36.1 Å². The molecule has 0 unspecified atom stereocenters. The van der Waals surface area contributed by atoms with Gasteiger partial charge >= 0.3 is 5.97 Å². The first-order chi connectivity index (χ1) is 11.0. The summed E-state index contributed by atoms with van der Waals surface area (Å²) in [5.41, 5.74) is 1.15. The molecule has 1 aromatic carbocycles. The van der Waals surface area contributed by atoms with Gasteiger partial charge in [0.2, 0.25) is 0 Å². The number of piperidine rings is 1. The molecule has 2 atom stereocenters. The Morgan fingerprint density at radius 1 is 1.35 bits per heavy atom. The lowest BCUT2D eigenvalue weighted by Gasteiger charge is -2.34. The van der Waals surface area contributed by atoms with Gasteiger partial charge < -0.3 is 14.7 Å². The first-order valence-corrected chi connectivity index (χ1v) is 8.19. The first-order valence-electron chi connectivity index (χ1n) is 8.19. The van der Waals surface area contributed by atoms with E-state index in [0.29, 0.717) is 18.7 Å². The molecule has 2 rings (SSSR count). The summed E-state index contributed by atoms with van der Waals surface area (Å²) in [6.07, 6.45) is 2.18. The van der Waals surface area contributed by atoms with Crippen LogP contribution in [0.25, 0.3) is 0 Å². The molecule has 1 saturated heterocycles. The Morgan fingerprint density at radius 2 is 2.04 bits per heavy atom. The zero-order valence-corrected chi connectivity index (χ0v) is 13.8. The Labute approximate surface area is 137 Å². The van der Waals surface area contributed by atoms with E-state index in [0.717, 1.165) is 24.9 Å². The number of nitrogens with zero attached hydrogens (tertiary/aromatic N) is 1. The molecular weight excluding hydrogens is 294 g/mol. The van der Waals surface area contributed by atoms with Gasteiger partial charge in [-0.3, -0.25) is 9.59 Å². The fourth-order valence-corrected chi connectivity index (χ4v) is 2.96. The maximum Gasteiger partial charge on any atom is 0.303 e. The van der Waals surface area contributed by atoms with Crippen molar-refractivity contribution < 1.29 is 19.4 Å². The van der Waals surface area contributed by atoms with Crippen LogP contribution in [-0.2, 0) is 9.59 Å². The van der Waals surface area contributed by atoms with Crippen LogP contribution in [0.4, 0.5) is 0 Å². The summed E-state index contributed by atoms with van der Waals surface area (Å²) in [7, 11) is 0. The van der Waals surface area contributed by atoms with E-state index in [1.54, 1.807) is 6.92 Å². The van der Waals surface area contributed by atoms with Gasteiger partial charge in [0.15, 0.2) is 6.10 Å². The summed E-state index contributed by atoms with van der Waals surface area (Å²) in [6.45, 7) is 5.13. The van der Waals surface area contributed by atoms with Crippen LogP contribution in [0.5, 0.6) is 5.75 Å². The van der Waals surface area contributed by atoms with Crippen molar-refractivity contribution in [2.45, 2.75) is 45.6 Å². The van der Waals surface area contributed by atoms with Gasteiger partial charge in [0, 0.05) is 19.5 Å². The van der Waals surface area contributed by atoms with E-state index < -0.39 is 12.1 Å². The molecule has 1 aromatic rings. The van der Waals surface area contributed by atoms with Crippen molar-refractivity contribution in [2.75, 3.05) is 13.1 Å². The third kappa shape index (κ3) is 5.27. The number of aryl methyl sites for hydroxylation is 1. The van der Waals surface area contributed by atoms with Crippen LogP contribution < -0.4 is 4.74 Å². The zero-order chi connectivity index (χ0) is 16.8. The maximum atomic E-state index is 12.5. The molecule has 5 heteroatoms. The predicted molar refractivity (Wildman–Crippen MR) is 87.4 cm³/mol. The van der Waals surface area contributed by atoms with Gasteiger partial charge in [0.25, 0.3) is 5.91 Å². The lowest BCUT2D eigenvalue weighted by molar-refractivity contribution is -0.140. The number of carbonyl (C=O) groups excluding carboxylic acids is 1. The number of ether oxygens (including phenoxy) is 1. The molecule has 1 N–H and O–H groups in total. The van der Waals surface area contributed by atoms with Crippen LogP contribution >= 0.6 is 0 Å². The molecule has 23 heavy (non-hydrogen) atoms. The molecule has 0 radical (unpaired) electrons. The number of carboxylic acid groups (broad SMARTS) is 1. The Kier molecular flexibility index (Phi) is 6.02. The summed E-state index contributed by atoms with van der Waals surface area (Å²) >= 11 is 0. The minimum atomic E-state index is -0.774. The van der Waals surface area contributed by atoms with E-state index in [9.17, 15) is 9.59 Å². The summed E-state index contributed by atoms with van der Waals surface area (Å²) in [5.74, 6) is 0.168. The van der Waals surface area contributed by atoms with Crippen molar-refractivity contribution in [2.24, 2.45) is 5.92 Å². The Balaban J connectivity index is 1.87. The number of likely N-dealkylation sites (tertiary alicyclic amines) is 1. The van der Waals surface area contributed by atoms with E-state index in [2.05, 4.69) is 0 Å². The molecule has 1 aliphatic rings. The number of aliphatic carboxylic acids is 1. The van der Waals surface area contributed by atoms with Crippen LogP contribution in [0.1, 0.15) is 38.2 Å². The highest BCUT2D eigenvalue weighted by atomic mass is 16.5. The van der Waals surface area contributed by atoms with Gasteiger partial charge in [0.05, 0.1) is 0 Å². The number of hydrogen-bond acceptors (Lipinski definition) is 3. The van der Waals surface area contributed by atoms with Gasteiger partial charge in [-0.05, 0) is 51.2 Å². The highest BCUT2D eigenvalue weighted by molar-refractivity contribution is 5.81. The quantitative estimate of drug-likeness (QED) is 0.875. The largest absolute Gasteiger partial charge is 0.481 e. The van der Waals surface area contributed by atoms with Gasteiger partial charge in [-0.1, -0.05) is 17.7 Å². The second-order valence-electron chi connectivity index (χ2n) is 6.30. The lowest BCUT2D eigenvalue weighted by atomic mass is 9.93. The molecule has 126 valence electrons. The van der Waals surface area contributed by atoms with E-state index in [4.69, 9.17) is 9.84 Å². The molecule has 0 saturated carbocycles. The van der Waals surface area contributed by atoms with E-state index in [1.165, 1.54) is 0 Å². The molecule has 1 amide bonds. The van der Waals surface area contributed by atoms with Crippen LogP contribution in [-0.4, -0.2) is 41.1 Å². The minimum Gasteiger partial charge on any atom is -0.481 e. The lowest BCUT2D eigenvalue weighted by Crippen LogP contribution is -2.45. The highest BCUT2D eigenvalue weighted by Crippen LogP contribution is 2.22. The molecule has 0 spiro atoms. The van der Waals surface area contributed by atoms with Crippen LogP contribution in [0.2, 0.25) is 0 Å². The summed E-state index contributed by atoms with van der Waals surface area (Å²) in [5, 5.41) is 8.79. The smallest absolute Gasteiger partial charge is 0.303 e.